The maximum Gasteiger partial charge on any atom is 0.306 e. The maximum absolute atomic E-state index is 11.3. The van der Waals surface area contributed by atoms with Crippen LogP contribution in [0.5, 0.6) is 11.5 Å². The predicted octanol–water partition coefficient (Wildman–Crippen LogP) is 4.84. The van der Waals surface area contributed by atoms with Crippen molar-refractivity contribution in [2.75, 3.05) is 51.4 Å². The number of anilines is 1. The van der Waals surface area contributed by atoms with E-state index < -0.39 is 5.97 Å². The molecule has 0 bridgehead atoms. The fourth-order valence-corrected chi connectivity index (χ4v) is 5.88. The summed E-state index contributed by atoms with van der Waals surface area (Å²) < 4.78 is 17.5. The van der Waals surface area contributed by atoms with Crippen LogP contribution >= 0.6 is 11.3 Å². The summed E-state index contributed by atoms with van der Waals surface area (Å²) in [5.74, 6) is 0.642. The number of methoxy groups -OCH3 is 1. The fourth-order valence-electron chi connectivity index (χ4n) is 5.00. The number of morpholine rings is 1. The van der Waals surface area contributed by atoms with Gasteiger partial charge in [-0.2, -0.15) is 0 Å². The van der Waals surface area contributed by atoms with Gasteiger partial charge >= 0.3 is 5.97 Å². The maximum atomic E-state index is 11.3. The van der Waals surface area contributed by atoms with Crippen molar-refractivity contribution in [1.82, 2.24) is 9.88 Å². The van der Waals surface area contributed by atoms with Gasteiger partial charge in [0, 0.05) is 49.2 Å². The molecule has 2 fully saturated rings. The van der Waals surface area contributed by atoms with E-state index in [1.165, 1.54) is 5.56 Å². The van der Waals surface area contributed by atoms with Gasteiger partial charge in [0.05, 0.1) is 31.9 Å². The quantitative estimate of drug-likeness (QED) is 0.415. The molecule has 8 nitrogen and oxygen atoms in total. The summed E-state index contributed by atoms with van der Waals surface area (Å²) in [5, 5.41) is 12.3. The summed E-state index contributed by atoms with van der Waals surface area (Å²) in [7, 11) is 1.70. The zero-order chi connectivity index (χ0) is 26.5. The molecule has 3 heterocycles. The van der Waals surface area contributed by atoms with Crippen LogP contribution in [0.15, 0.2) is 41.8 Å². The zero-order valence-corrected chi connectivity index (χ0v) is 22.8. The first-order valence-corrected chi connectivity index (χ1v) is 14.0. The van der Waals surface area contributed by atoms with Crippen molar-refractivity contribution < 1.29 is 24.1 Å². The molecule has 202 valence electrons. The van der Waals surface area contributed by atoms with E-state index in [9.17, 15) is 9.90 Å². The minimum Gasteiger partial charge on any atom is -0.496 e. The lowest BCUT2D eigenvalue weighted by molar-refractivity contribution is -0.142. The van der Waals surface area contributed by atoms with Crippen molar-refractivity contribution in [1.29, 1.82) is 0 Å². The van der Waals surface area contributed by atoms with Gasteiger partial charge in [0.25, 0.3) is 0 Å². The molecule has 0 aliphatic carbocycles. The Bertz CT molecular complexity index is 1250. The molecule has 0 spiro atoms. The van der Waals surface area contributed by atoms with Crippen molar-refractivity contribution in [2.45, 2.75) is 32.9 Å². The Labute approximate surface area is 227 Å². The van der Waals surface area contributed by atoms with Gasteiger partial charge in [-0.1, -0.05) is 23.8 Å². The first-order valence-electron chi connectivity index (χ1n) is 13.1. The van der Waals surface area contributed by atoms with Crippen molar-refractivity contribution in [2.24, 2.45) is 5.92 Å². The second kappa shape index (κ2) is 12.1. The number of hydrogen-bond donors (Lipinski definition) is 1. The number of rotatable bonds is 9. The van der Waals surface area contributed by atoms with E-state index >= 15 is 0 Å². The molecule has 38 heavy (non-hydrogen) atoms. The number of aromatic nitrogens is 1. The molecule has 9 heteroatoms. The molecule has 2 aromatic carbocycles. The summed E-state index contributed by atoms with van der Waals surface area (Å²) >= 11 is 1.59. The first kappa shape index (κ1) is 26.5. The average molecular weight is 538 g/mol. The van der Waals surface area contributed by atoms with E-state index in [0.717, 1.165) is 71.9 Å². The van der Waals surface area contributed by atoms with E-state index in [2.05, 4.69) is 46.4 Å². The van der Waals surface area contributed by atoms with Crippen molar-refractivity contribution in [3.05, 3.63) is 58.5 Å². The molecule has 2 aliphatic heterocycles. The van der Waals surface area contributed by atoms with Crippen LogP contribution in [0.4, 0.5) is 5.13 Å². The van der Waals surface area contributed by atoms with Crippen LogP contribution < -0.4 is 14.4 Å². The van der Waals surface area contributed by atoms with Crippen molar-refractivity contribution in [3.63, 3.8) is 0 Å². The number of nitrogens with zero attached hydrogens (tertiary/aromatic N) is 3. The molecule has 2 saturated heterocycles. The molecular weight excluding hydrogens is 502 g/mol. The van der Waals surface area contributed by atoms with E-state index in [-0.39, 0.29) is 5.92 Å². The van der Waals surface area contributed by atoms with Gasteiger partial charge in [0.2, 0.25) is 0 Å². The number of hydrogen-bond acceptors (Lipinski definition) is 8. The molecule has 5 rings (SSSR count). The number of piperidine rings is 1. The smallest absolute Gasteiger partial charge is 0.306 e. The highest BCUT2D eigenvalue weighted by Gasteiger charge is 2.26. The number of carbonyl (C=O) groups is 1. The van der Waals surface area contributed by atoms with Gasteiger partial charge in [0.1, 0.15) is 18.1 Å². The number of carboxylic acid groups (broad SMARTS) is 1. The largest absolute Gasteiger partial charge is 0.496 e. The monoisotopic (exact) mass is 537 g/mol. The van der Waals surface area contributed by atoms with Gasteiger partial charge in [-0.25, -0.2) is 4.98 Å². The Kier molecular flexibility index (Phi) is 8.46. The molecule has 0 unspecified atom stereocenters. The summed E-state index contributed by atoms with van der Waals surface area (Å²) in [6.07, 6.45) is 1.30. The second-order valence-corrected chi connectivity index (χ2v) is 10.8. The molecule has 0 atom stereocenters. The van der Waals surface area contributed by atoms with E-state index in [4.69, 9.17) is 19.2 Å². The Morgan fingerprint density at radius 1 is 1.11 bits per heavy atom. The summed E-state index contributed by atoms with van der Waals surface area (Å²) in [4.78, 5) is 20.8. The topological polar surface area (TPSA) is 84.4 Å². The SMILES string of the molecule is COc1cc(CN2CCOCC2)ccc1COc1ccc(C)cc1-c1csc(N2CCC(C(=O)O)CC2)n1. The number of ether oxygens (including phenoxy) is 3. The van der Waals surface area contributed by atoms with Crippen LogP contribution in [0.25, 0.3) is 11.3 Å². The van der Waals surface area contributed by atoms with Crippen molar-refractivity contribution >= 4 is 22.4 Å². The Morgan fingerprint density at radius 2 is 1.89 bits per heavy atom. The molecule has 0 amide bonds. The number of benzene rings is 2. The number of carboxylic acids is 1. The summed E-state index contributed by atoms with van der Waals surface area (Å²) in [6, 6.07) is 12.5. The molecule has 1 N–H and O–H groups in total. The van der Waals surface area contributed by atoms with Crippen LogP contribution in [0.2, 0.25) is 0 Å². The van der Waals surface area contributed by atoms with Crippen LogP contribution in [0.3, 0.4) is 0 Å². The average Bonchev–Trinajstić information content (AvgIpc) is 3.43. The molecule has 0 radical (unpaired) electrons. The van der Waals surface area contributed by atoms with Gasteiger partial charge in [-0.3, -0.25) is 9.69 Å². The molecule has 3 aromatic rings. The van der Waals surface area contributed by atoms with Crippen LogP contribution in [0, 0.1) is 12.8 Å². The third-order valence-corrected chi connectivity index (χ3v) is 8.16. The lowest BCUT2D eigenvalue weighted by Crippen LogP contribution is -2.36. The van der Waals surface area contributed by atoms with E-state index in [1.807, 2.05) is 12.1 Å². The van der Waals surface area contributed by atoms with E-state index in [1.54, 1.807) is 18.4 Å². The normalized spacial score (nSPS) is 16.9. The highest BCUT2D eigenvalue weighted by molar-refractivity contribution is 7.14. The lowest BCUT2D eigenvalue weighted by Gasteiger charge is -2.29. The Balaban J connectivity index is 1.28. The van der Waals surface area contributed by atoms with Gasteiger partial charge in [-0.05, 0) is 43.5 Å². The number of thiazole rings is 1. The van der Waals surface area contributed by atoms with Crippen LogP contribution in [-0.2, 0) is 22.7 Å². The van der Waals surface area contributed by atoms with Gasteiger partial charge in [-0.15, -0.1) is 11.3 Å². The lowest BCUT2D eigenvalue weighted by atomic mass is 9.97. The molecular formula is C29H35N3O5S. The number of aliphatic carboxylic acids is 1. The predicted molar refractivity (Wildman–Crippen MR) is 148 cm³/mol. The highest BCUT2D eigenvalue weighted by atomic mass is 32.1. The molecule has 2 aliphatic rings. The standard InChI is InChI=1S/C29H35N3O5S/c1-20-3-6-26(24(15-20)25-19-38-29(30-25)32-9-7-22(8-10-32)28(33)34)37-18-23-5-4-21(16-27(23)35-2)17-31-11-13-36-14-12-31/h3-6,15-16,19,22H,7-14,17-18H2,1-2H3,(H,33,34). The molecule has 0 saturated carbocycles. The molecule has 1 aromatic heterocycles. The van der Waals surface area contributed by atoms with Crippen molar-refractivity contribution in [3.8, 4) is 22.8 Å². The Hall–Kier alpha value is -3.14. The third-order valence-electron chi connectivity index (χ3n) is 7.26. The van der Waals surface area contributed by atoms with Gasteiger partial charge in [0.15, 0.2) is 5.13 Å². The minimum absolute atomic E-state index is 0.257. The minimum atomic E-state index is -0.700. The summed E-state index contributed by atoms with van der Waals surface area (Å²) in [5.41, 5.74) is 5.16. The van der Waals surface area contributed by atoms with Crippen LogP contribution in [-0.4, -0.2) is 67.5 Å². The fraction of sp³-hybridized carbons (Fsp3) is 0.448. The first-order chi connectivity index (χ1) is 18.5. The van der Waals surface area contributed by atoms with Crippen LogP contribution in [0.1, 0.15) is 29.5 Å². The number of aryl methyl sites for hydroxylation is 1. The van der Waals surface area contributed by atoms with Gasteiger partial charge < -0.3 is 24.2 Å². The van der Waals surface area contributed by atoms with E-state index in [0.29, 0.717) is 32.5 Å². The second-order valence-electron chi connectivity index (χ2n) is 9.94. The Morgan fingerprint density at radius 3 is 2.63 bits per heavy atom. The summed E-state index contributed by atoms with van der Waals surface area (Å²) in [6.45, 7) is 8.21. The highest BCUT2D eigenvalue weighted by Crippen LogP contribution is 2.36. The zero-order valence-electron chi connectivity index (χ0n) is 22.0. The third kappa shape index (κ3) is 6.28.